The van der Waals surface area contributed by atoms with Gasteiger partial charge in [-0.15, -0.1) is 0 Å². The molecule has 6 heteroatoms. The van der Waals surface area contributed by atoms with E-state index in [0.29, 0.717) is 25.2 Å². The first-order chi connectivity index (χ1) is 12.6. The number of rotatable bonds is 12. The van der Waals surface area contributed by atoms with Gasteiger partial charge in [0.25, 0.3) is 0 Å². The smallest absolute Gasteiger partial charge is 0.330 e. The molecule has 0 aliphatic carbocycles. The summed E-state index contributed by atoms with van der Waals surface area (Å²) in [5.41, 5.74) is 0.736. The summed E-state index contributed by atoms with van der Waals surface area (Å²) in [7, 11) is 1.57. The summed E-state index contributed by atoms with van der Waals surface area (Å²) in [5, 5.41) is 19.2. The topological polar surface area (TPSA) is 85.2 Å². The molecule has 0 heterocycles. The number of esters is 1. The van der Waals surface area contributed by atoms with E-state index in [4.69, 9.17) is 19.3 Å². The molecule has 0 fully saturated rings. The molecule has 0 bridgehead atoms. The molecule has 1 aromatic rings. The van der Waals surface area contributed by atoms with Crippen molar-refractivity contribution in [2.24, 2.45) is 0 Å². The summed E-state index contributed by atoms with van der Waals surface area (Å²) >= 11 is 0. The molecule has 1 aromatic carbocycles. The van der Waals surface area contributed by atoms with E-state index >= 15 is 0 Å². The SMILES string of the molecule is CCOC(=O)/C=C/C=C/CC[C@H](OC)[C@@H](O)c1ccc(OCCO)cc1. The maximum atomic E-state index is 11.1. The minimum absolute atomic E-state index is 0.0430. The largest absolute Gasteiger partial charge is 0.491 e. The number of aliphatic hydroxyl groups is 2. The highest BCUT2D eigenvalue weighted by Gasteiger charge is 2.19. The average Bonchev–Trinajstić information content (AvgIpc) is 2.66. The van der Waals surface area contributed by atoms with Crippen LogP contribution in [0.4, 0.5) is 0 Å². The first kappa shape index (κ1) is 21.9. The van der Waals surface area contributed by atoms with Crippen molar-refractivity contribution < 1.29 is 29.2 Å². The van der Waals surface area contributed by atoms with Gasteiger partial charge in [-0.05, 0) is 37.5 Å². The van der Waals surface area contributed by atoms with Gasteiger partial charge in [-0.2, -0.15) is 0 Å². The fourth-order valence-electron chi connectivity index (χ4n) is 2.30. The number of methoxy groups -OCH3 is 1. The molecule has 0 amide bonds. The lowest BCUT2D eigenvalue weighted by molar-refractivity contribution is -0.137. The number of allylic oxidation sites excluding steroid dienone is 3. The van der Waals surface area contributed by atoms with E-state index in [0.717, 1.165) is 5.56 Å². The first-order valence-electron chi connectivity index (χ1n) is 8.66. The van der Waals surface area contributed by atoms with Gasteiger partial charge < -0.3 is 24.4 Å². The molecule has 0 saturated heterocycles. The van der Waals surface area contributed by atoms with Crippen LogP contribution in [0.5, 0.6) is 5.75 Å². The van der Waals surface area contributed by atoms with Crippen molar-refractivity contribution in [1.29, 1.82) is 0 Å². The van der Waals surface area contributed by atoms with Crippen LogP contribution < -0.4 is 4.74 Å². The van der Waals surface area contributed by atoms with Crippen molar-refractivity contribution in [3.8, 4) is 5.75 Å². The first-order valence-corrected chi connectivity index (χ1v) is 8.66. The number of carbonyl (C=O) groups excluding carboxylic acids is 1. The number of hydrogen-bond donors (Lipinski definition) is 2. The second kappa shape index (κ2) is 13.1. The molecule has 0 unspecified atom stereocenters. The summed E-state index contributed by atoms with van der Waals surface area (Å²) < 4.78 is 15.5. The monoisotopic (exact) mass is 364 g/mol. The lowest BCUT2D eigenvalue weighted by Gasteiger charge is -2.21. The molecule has 2 atom stereocenters. The molecule has 144 valence electrons. The van der Waals surface area contributed by atoms with Crippen molar-refractivity contribution in [3.05, 3.63) is 54.1 Å². The Morgan fingerprint density at radius 3 is 2.58 bits per heavy atom. The Kier molecular flexibility index (Phi) is 11.0. The Balaban J connectivity index is 2.48. The highest BCUT2D eigenvalue weighted by atomic mass is 16.5. The van der Waals surface area contributed by atoms with E-state index in [1.807, 2.05) is 6.08 Å². The van der Waals surface area contributed by atoms with Crippen molar-refractivity contribution in [2.75, 3.05) is 26.9 Å². The molecule has 1 rings (SSSR count). The lowest BCUT2D eigenvalue weighted by Crippen LogP contribution is -2.20. The van der Waals surface area contributed by atoms with Gasteiger partial charge >= 0.3 is 5.97 Å². The molecular formula is C20H28O6. The third kappa shape index (κ3) is 8.29. The van der Waals surface area contributed by atoms with E-state index < -0.39 is 6.10 Å². The summed E-state index contributed by atoms with van der Waals surface area (Å²) in [6.07, 6.45) is 6.88. The summed E-state index contributed by atoms with van der Waals surface area (Å²) in [5.74, 6) is 0.272. The van der Waals surface area contributed by atoms with E-state index in [9.17, 15) is 9.90 Å². The van der Waals surface area contributed by atoms with Crippen molar-refractivity contribution >= 4 is 5.97 Å². The predicted molar refractivity (Wildman–Crippen MR) is 98.9 cm³/mol. The molecule has 26 heavy (non-hydrogen) atoms. The minimum Gasteiger partial charge on any atom is -0.491 e. The molecule has 0 aromatic heterocycles. The van der Waals surface area contributed by atoms with E-state index in [1.54, 1.807) is 50.5 Å². The Labute approximate surface area is 154 Å². The van der Waals surface area contributed by atoms with Gasteiger partial charge in [0.05, 0.1) is 19.3 Å². The third-order valence-electron chi connectivity index (χ3n) is 3.62. The Morgan fingerprint density at radius 2 is 1.96 bits per heavy atom. The highest BCUT2D eigenvalue weighted by Crippen LogP contribution is 2.24. The number of aliphatic hydroxyl groups excluding tert-OH is 2. The van der Waals surface area contributed by atoms with Gasteiger partial charge in [0.2, 0.25) is 0 Å². The van der Waals surface area contributed by atoms with Gasteiger partial charge in [0, 0.05) is 13.2 Å². The Morgan fingerprint density at radius 1 is 1.23 bits per heavy atom. The van der Waals surface area contributed by atoms with E-state index in [-0.39, 0.29) is 25.3 Å². The van der Waals surface area contributed by atoms with E-state index in [2.05, 4.69) is 0 Å². The highest BCUT2D eigenvalue weighted by molar-refractivity contribution is 5.82. The van der Waals surface area contributed by atoms with Crippen molar-refractivity contribution in [2.45, 2.75) is 32.0 Å². The van der Waals surface area contributed by atoms with Crippen LogP contribution in [0.25, 0.3) is 0 Å². The Bertz CT molecular complexity index is 564. The zero-order valence-corrected chi connectivity index (χ0v) is 15.3. The van der Waals surface area contributed by atoms with Crippen molar-refractivity contribution in [3.63, 3.8) is 0 Å². The summed E-state index contributed by atoms with van der Waals surface area (Å²) in [4.78, 5) is 11.1. The van der Waals surface area contributed by atoms with Crippen molar-refractivity contribution in [1.82, 2.24) is 0 Å². The maximum absolute atomic E-state index is 11.1. The molecular weight excluding hydrogens is 336 g/mol. The average molecular weight is 364 g/mol. The number of carbonyl (C=O) groups is 1. The number of benzene rings is 1. The second-order valence-corrected chi connectivity index (χ2v) is 5.48. The molecule has 0 spiro atoms. The van der Waals surface area contributed by atoms with Crippen LogP contribution in [-0.4, -0.2) is 49.2 Å². The van der Waals surface area contributed by atoms with Crippen LogP contribution in [0.15, 0.2) is 48.6 Å². The quantitative estimate of drug-likeness (QED) is 0.337. The lowest BCUT2D eigenvalue weighted by atomic mass is 10.0. The molecule has 0 aliphatic rings. The molecule has 2 N–H and O–H groups in total. The fraction of sp³-hybridized carbons (Fsp3) is 0.450. The van der Waals surface area contributed by atoms with Gasteiger partial charge in [0.1, 0.15) is 18.5 Å². The summed E-state index contributed by atoms with van der Waals surface area (Å²) in [6.45, 7) is 2.31. The van der Waals surface area contributed by atoms with Crippen LogP contribution in [0.3, 0.4) is 0 Å². The van der Waals surface area contributed by atoms with Crippen LogP contribution in [-0.2, 0) is 14.3 Å². The van der Waals surface area contributed by atoms with Gasteiger partial charge in [-0.1, -0.05) is 30.4 Å². The second-order valence-electron chi connectivity index (χ2n) is 5.48. The minimum atomic E-state index is -0.754. The van der Waals surface area contributed by atoms with Crippen LogP contribution >= 0.6 is 0 Å². The zero-order chi connectivity index (χ0) is 19.2. The van der Waals surface area contributed by atoms with Crippen LogP contribution in [0.2, 0.25) is 0 Å². The molecule has 0 saturated carbocycles. The molecule has 0 radical (unpaired) electrons. The van der Waals surface area contributed by atoms with Crippen LogP contribution in [0.1, 0.15) is 31.4 Å². The molecule has 0 aliphatic heterocycles. The predicted octanol–water partition coefficient (Wildman–Crippen LogP) is 2.56. The van der Waals surface area contributed by atoms with E-state index in [1.165, 1.54) is 6.08 Å². The zero-order valence-electron chi connectivity index (χ0n) is 15.3. The normalized spacial score (nSPS) is 13.8. The third-order valence-corrected chi connectivity index (χ3v) is 3.62. The van der Waals surface area contributed by atoms with Gasteiger partial charge in [-0.3, -0.25) is 0 Å². The van der Waals surface area contributed by atoms with Crippen LogP contribution in [0, 0.1) is 0 Å². The van der Waals surface area contributed by atoms with Gasteiger partial charge in [0.15, 0.2) is 0 Å². The molecule has 6 nitrogen and oxygen atoms in total. The fourth-order valence-corrected chi connectivity index (χ4v) is 2.30. The maximum Gasteiger partial charge on any atom is 0.330 e. The number of ether oxygens (including phenoxy) is 3. The van der Waals surface area contributed by atoms with Gasteiger partial charge in [-0.25, -0.2) is 4.79 Å². The number of hydrogen-bond acceptors (Lipinski definition) is 6. The summed E-state index contributed by atoms with van der Waals surface area (Å²) in [6, 6.07) is 7.06. The standard InChI is InChI=1S/C20H28O6/c1-3-25-19(22)9-7-5-4-6-8-18(24-2)20(23)16-10-12-17(13-11-16)26-15-14-21/h4-5,7,9-13,18,20-21,23H,3,6,8,14-15H2,1-2H3/b5-4+,9-7+/t18-,20-/m0/s1. The Hall–Kier alpha value is -2.15.